The van der Waals surface area contributed by atoms with Crippen molar-refractivity contribution in [3.8, 4) is 0 Å². The Labute approximate surface area is 125 Å². The van der Waals surface area contributed by atoms with Crippen molar-refractivity contribution < 1.29 is 14.7 Å². The number of aromatic nitrogens is 1. The highest BCUT2D eigenvalue weighted by atomic mass is 16.4. The molecule has 1 heterocycles. The molecule has 21 heavy (non-hydrogen) atoms. The van der Waals surface area contributed by atoms with E-state index in [-0.39, 0.29) is 17.4 Å². The van der Waals surface area contributed by atoms with E-state index in [1.165, 1.54) is 12.3 Å². The van der Waals surface area contributed by atoms with Crippen LogP contribution in [0.5, 0.6) is 0 Å². The number of rotatable bonds is 7. The lowest BCUT2D eigenvalue weighted by Gasteiger charge is -2.15. The first-order valence-corrected chi connectivity index (χ1v) is 7.16. The zero-order valence-corrected chi connectivity index (χ0v) is 12.7. The van der Waals surface area contributed by atoms with Crippen LogP contribution in [0.3, 0.4) is 0 Å². The van der Waals surface area contributed by atoms with Crippen LogP contribution in [0, 0.1) is 5.92 Å². The first-order chi connectivity index (χ1) is 9.90. The first kappa shape index (κ1) is 16.9. The normalized spacial score (nSPS) is 12.0. The maximum Gasteiger partial charge on any atom is 0.356 e. The number of nitrogens with one attached hydrogen (secondary N) is 2. The van der Waals surface area contributed by atoms with Crippen molar-refractivity contribution in [2.24, 2.45) is 5.92 Å². The number of carboxylic acids is 1. The summed E-state index contributed by atoms with van der Waals surface area (Å²) in [5.41, 5.74) is 0.0250. The molecule has 0 aliphatic carbocycles. The molecule has 0 saturated heterocycles. The highest BCUT2D eigenvalue weighted by molar-refractivity contribution is 5.98. The molecular weight excluding hydrogens is 270 g/mol. The molecule has 3 N–H and O–H groups in total. The summed E-state index contributed by atoms with van der Waals surface area (Å²) >= 11 is 0. The number of pyridine rings is 1. The van der Waals surface area contributed by atoms with Crippen molar-refractivity contribution in [1.29, 1.82) is 0 Å². The van der Waals surface area contributed by atoms with E-state index >= 15 is 0 Å². The number of carboxylic acid groups (broad SMARTS) is 1. The zero-order valence-electron chi connectivity index (χ0n) is 12.7. The number of hydrogen-bond acceptors (Lipinski definition) is 3. The minimum Gasteiger partial charge on any atom is -0.476 e. The van der Waals surface area contributed by atoms with Gasteiger partial charge < -0.3 is 15.7 Å². The Bertz CT molecular complexity index is 489. The van der Waals surface area contributed by atoms with Gasteiger partial charge in [-0.15, -0.1) is 0 Å². The van der Waals surface area contributed by atoms with Crippen molar-refractivity contribution in [2.45, 2.75) is 46.1 Å². The Kier molecular flexibility index (Phi) is 6.65. The lowest BCUT2D eigenvalue weighted by atomic mass is 10.0. The summed E-state index contributed by atoms with van der Waals surface area (Å²) in [6.45, 7) is 6.27. The number of carbonyl (C=O) groups is 2. The molecule has 0 saturated carbocycles. The number of nitrogens with zero attached hydrogens (tertiary/aromatic N) is 1. The van der Waals surface area contributed by atoms with Crippen LogP contribution in [0.15, 0.2) is 18.3 Å². The molecule has 6 heteroatoms. The van der Waals surface area contributed by atoms with E-state index in [9.17, 15) is 9.59 Å². The smallest absolute Gasteiger partial charge is 0.356 e. The Morgan fingerprint density at radius 1 is 1.29 bits per heavy atom. The number of carbonyl (C=O) groups excluding carboxylic acids is 1. The maximum absolute atomic E-state index is 11.9. The van der Waals surface area contributed by atoms with Crippen LogP contribution in [0.25, 0.3) is 0 Å². The molecule has 0 radical (unpaired) electrons. The number of aromatic carboxylic acids is 1. The second-order valence-electron chi connectivity index (χ2n) is 5.53. The van der Waals surface area contributed by atoms with Gasteiger partial charge in [-0.1, -0.05) is 26.7 Å². The van der Waals surface area contributed by atoms with Crippen LogP contribution < -0.4 is 10.6 Å². The van der Waals surface area contributed by atoms with Gasteiger partial charge in [0.25, 0.3) is 0 Å². The summed E-state index contributed by atoms with van der Waals surface area (Å²) in [4.78, 5) is 26.6. The molecule has 1 atom stereocenters. The second kappa shape index (κ2) is 8.24. The molecule has 0 aliphatic rings. The van der Waals surface area contributed by atoms with Gasteiger partial charge in [-0.3, -0.25) is 0 Å². The minimum atomic E-state index is -1.17. The van der Waals surface area contributed by atoms with Crippen LogP contribution in [-0.4, -0.2) is 28.1 Å². The molecule has 1 aromatic heterocycles. The van der Waals surface area contributed by atoms with Gasteiger partial charge >= 0.3 is 12.0 Å². The fraction of sp³-hybridized carbons (Fsp3) is 0.533. The summed E-state index contributed by atoms with van der Waals surface area (Å²) in [5.74, 6) is -0.518. The molecule has 0 aliphatic heterocycles. The summed E-state index contributed by atoms with van der Waals surface area (Å²) in [7, 11) is 0. The van der Waals surface area contributed by atoms with E-state index in [0.29, 0.717) is 5.92 Å². The van der Waals surface area contributed by atoms with Crippen molar-refractivity contribution in [3.05, 3.63) is 24.0 Å². The quantitative estimate of drug-likeness (QED) is 0.720. The molecule has 1 unspecified atom stereocenters. The molecule has 0 aromatic carbocycles. The van der Waals surface area contributed by atoms with Crippen LogP contribution in [0.1, 0.15) is 50.5 Å². The lowest BCUT2D eigenvalue weighted by molar-refractivity contribution is 0.0691. The van der Waals surface area contributed by atoms with Gasteiger partial charge in [0.1, 0.15) is 0 Å². The molecule has 6 nitrogen and oxygen atoms in total. The molecule has 2 amide bonds. The van der Waals surface area contributed by atoms with Crippen LogP contribution in [-0.2, 0) is 0 Å². The summed E-state index contributed by atoms with van der Waals surface area (Å²) in [6.07, 6.45) is 4.44. The van der Waals surface area contributed by atoms with Crippen molar-refractivity contribution in [1.82, 2.24) is 10.3 Å². The zero-order chi connectivity index (χ0) is 15.8. The average molecular weight is 293 g/mol. The molecule has 0 fully saturated rings. The number of urea groups is 1. The van der Waals surface area contributed by atoms with Crippen molar-refractivity contribution in [3.63, 3.8) is 0 Å². The molecule has 1 aromatic rings. The molecule has 0 bridgehead atoms. The highest BCUT2D eigenvalue weighted by Gasteiger charge is 2.14. The lowest BCUT2D eigenvalue weighted by Crippen LogP contribution is -2.36. The molecule has 116 valence electrons. The topological polar surface area (TPSA) is 91.3 Å². The van der Waals surface area contributed by atoms with Gasteiger partial charge in [-0.25, -0.2) is 14.6 Å². The fourth-order valence-corrected chi connectivity index (χ4v) is 1.96. The summed E-state index contributed by atoms with van der Waals surface area (Å²) in [5, 5.41) is 14.3. The largest absolute Gasteiger partial charge is 0.476 e. The SMILES string of the molecule is CC(C)CCCC(C)NC(=O)Nc1cccnc1C(=O)O. The second-order valence-corrected chi connectivity index (χ2v) is 5.53. The van der Waals surface area contributed by atoms with E-state index in [0.717, 1.165) is 19.3 Å². The Hall–Kier alpha value is -2.11. The van der Waals surface area contributed by atoms with Crippen LogP contribution in [0.4, 0.5) is 10.5 Å². The first-order valence-electron chi connectivity index (χ1n) is 7.16. The maximum atomic E-state index is 11.9. The van der Waals surface area contributed by atoms with E-state index < -0.39 is 12.0 Å². The monoisotopic (exact) mass is 293 g/mol. The van der Waals surface area contributed by atoms with E-state index in [1.807, 2.05) is 6.92 Å². The number of hydrogen-bond donors (Lipinski definition) is 3. The van der Waals surface area contributed by atoms with Gasteiger partial charge in [-0.05, 0) is 31.4 Å². The Morgan fingerprint density at radius 2 is 2.00 bits per heavy atom. The third-order valence-electron chi connectivity index (χ3n) is 3.05. The predicted octanol–water partition coefficient (Wildman–Crippen LogP) is 3.12. The van der Waals surface area contributed by atoms with Crippen molar-refractivity contribution in [2.75, 3.05) is 5.32 Å². The van der Waals surface area contributed by atoms with Crippen molar-refractivity contribution >= 4 is 17.7 Å². The van der Waals surface area contributed by atoms with Gasteiger partial charge in [0.05, 0.1) is 5.69 Å². The van der Waals surface area contributed by atoms with Gasteiger partial charge in [0, 0.05) is 12.2 Å². The Morgan fingerprint density at radius 3 is 2.62 bits per heavy atom. The Balaban J connectivity index is 2.48. The van der Waals surface area contributed by atoms with E-state index in [4.69, 9.17) is 5.11 Å². The van der Waals surface area contributed by atoms with Crippen LogP contribution >= 0.6 is 0 Å². The standard InChI is InChI=1S/C15H23N3O3/c1-10(2)6-4-7-11(3)17-15(21)18-12-8-5-9-16-13(12)14(19)20/h5,8-11H,4,6-7H2,1-3H3,(H,19,20)(H2,17,18,21). The third kappa shape index (κ3) is 6.25. The van der Waals surface area contributed by atoms with E-state index in [1.54, 1.807) is 6.07 Å². The van der Waals surface area contributed by atoms with Crippen LogP contribution in [0.2, 0.25) is 0 Å². The van der Waals surface area contributed by atoms with Gasteiger partial charge in [0.2, 0.25) is 0 Å². The number of anilines is 1. The highest BCUT2D eigenvalue weighted by Crippen LogP contribution is 2.12. The molecule has 0 spiro atoms. The number of amides is 2. The molecule has 1 rings (SSSR count). The fourth-order valence-electron chi connectivity index (χ4n) is 1.96. The minimum absolute atomic E-state index is 0.0358. The summed E-state index contributed by atoms with van der Waals surface area (Å²) in [6, 6.07) is 2.71. The van der Waals surface area contributed by atoms with Gasteiger partial charge in [0.15, 0.2) is 5.69 Å². The molecular formula is C15H23N3O3. The van der Waals surface area contributed by atoms with Gasteiger partial charge in [-0.2, -0.15) is 0 Å². The average Bonchev–Trinajstić information content (AvgIpc) is 2.38. The third-order valence-corrected chi connectivity index (χ3v) is 3.05. The predicted molar refractivity (Wildman–Crippen MR) is 81.5 cm³/mol. The van der Waals surface area contributed by atoms with E-state index in [2.05, 4.69) is 29.5 Å². The summed E-state index contributed by atoms with van der Waals surface area (Å²) < 4.78 is 0.